The first-order valence-electron chi connectivity index (χ1n) is 9.74. The Labute approximate surface area is 169 Å². The van der Waals surface area contributed by atoms with E-state index in [1.807, 2.05) is 0 Å². The molecule has 0 fully saturated rings. The zero-order valence-electron chi connectivity index (χ0n) is 16.7. The minimum atomic E-state index is -0.650. The summed E-state index contributed by atoms with van der Waals surface area (Å²) in [7, 11) is -0.650. The topological polar surface area (TPSA) is 21.6 Å². The lowest BCUT2D eigenvalue weighted by Gasteiger charge is -2.23. The summed E-state index contributed by atoms with van der Waals surface area (Å²) in [6.07, 6.45) is 0. The van der Waals surface area contributed by atoms with Crippen LogP contribution in [0.1, 0.15) is 32.4 Å². The van der Waals surface area contributed by atoms with E-state index in [1.165, 1.54) is 21.5 Å². The van der Waals surface area contributed by atoms with Crippen LogP contribution in [-0.4, -0.2) is 12.5 Å². The van der Waals surface area contributed by atoms with Gasteiger partial charge in [-0.2, -0.15) is 0 Å². The molecule has 142 valence electrons. The van der Waals surface area contributed by atoms with Crippen LogP contribution in [0.3, 0.4) is 0 Å². The van der Waals surface area contributed by atoms with Gasteiger partial charge < -0.3 is 4.74 Å². The third-order valence-electron chi connectivity index (χ3n) is 4.86. The lowest BCUT2D eigenvalue weighted by atomic mass is 9.97. The largest absolute Gasteiger partial charge is 0.478 e. The fourth-order valence-electron chi connectivity index (χ4n) is 3.50. The van der Waals surface area contributed by atoms with Crippen molar-refractivity contribution in [1.29, 1.82) is 0 Å². The summed E-state index contributed by atoms with van der Waals surface area (Å²) in [5, 5.41) is 4.08. The van der Waals surface area contributed by atoms with Gasteiger partial charge in [0.1, 0.15) is 12.6 Å². The molecule has 1 heterocycles. The Morgan fingerprint density at radius 1 is 0.786 bits per heavy atom. The Morgan fingerprint density at radius 2 is 1.32 bits per heavy atom. The zero-order chi connectivity index (χ0) is 19.6. The highest BCUT2D eigenvalue weighted by Crippen LogP contribution is 2.38. The number of hydrogen-bond donors (Lipinski definition) is 0. The summed E-state index contributed by atoms with van der Waals surface area (Å²) < 4.78 is 5.99. The zero-order valence-corrected chi connectivity index (χ0v) is 17.6. The number of rotatable bonds is 4. The molecule has 1 aliphatic heterocycles. The van der Waals surface area contributed by atoms with Crippen molar-refractivity contribution in [2.75, 3.05) is 6.61 Å². The van der Waals surface area contributed by atoms with E-state index in [2.05, 4.69) is 106 Å². The summed E-state index contributed by atoms with van der Waals surface area (Å²) in [6, 6.07) is 30.5. The van der Waals surface area contributed by atoms with Gasteiger partial charge in [-0.25, -0.2) is 4.99 Å². The van der Waals surface area contributed by atoms with Gasteiger partial charge in [0.25, 0.3) is 0 Å². The van der Waals surface area contributed by atoms with Crippen molar-refractivity contribution in [2.45, 2.75) is 26.8 Å². The highest BCUT2D eigenvalue weighted by atomic mass is 31.1. The molecule has 0 bridgehead atoms. The van der Waals surface area contributed by atoms with Crippen molar-refractivity contribution in [2.24, 2.45) is 10.4 Å². The SMILES string of the molecule is CC(C)(C)C1=N[C@@H](c2ccccc2P(c2ccccc2)c2ccccc2)CO1. The number of hydrogen-bond acceptors (Lipinski definition) is 2. The molecule has 0 saturated carbocycles. The molecule has 3 aromatic rings. The Balaban J connectivity index is 1.82. The number of ether oxygens (including phenoxy) is 1. The van der Waals surface area contributed by atoms with Gasteiger partial charge in [0.2, 0.25) is 0 Å². The van der Waals surface area contributed by atoms with E-state index >= 15 is 0 Å². The molecule has 3 aromatic carbocycles. The van der Waals surface area contributed by atoms with E-state index < -0.39 is 7.92 Å². The van der Waals surface area contributed by atoms with Crippen LogP contribution in [0.25, 0.3) is 0 Å². The average molecular weight is 387 g/mol. The first-order chi connectivity index (χ1) is 13.5. The summed E-state index contributed by atoms with van der Waals surface area (Å²) in [5.74, 6) is 0.857. The number of benzene rings is 3. The molecule has 1 aliphatic rings. The van der Waals surface area contributed by atoms with Gasteiger partial charge in [0.05, 0.1) is 0 Å². The molecular weight excluding hydrogens is 361 g/mol. The highest BCUT2D eigenvalue weighted by Gasteiger charge is 2.31. The number of nitrogens with zero attached hydrogens (tertiary/aromatic N) is 1. The second kappa shape index (κ2) is 7.89. The van der Waals surface area contributed by atoms with Crippen LogP contribution in [0.15, 0.2) is 89.9 Å². The molecule has 4 rings (SSSR count). The summed E-state index contributed by atoms with van der Waals surface area (Å²) in [4.78, 5) is 4.96. The highest BCUT2D eigenvalue weighted by molar-refractivity contribution is 7.79. The second-order valence-corrected chi connectivity index (χ2v) is 10.3. The third-order valence-corrected chi connectivity index (χ3v) is 7.38. The number of aliphatic imine (C=N–C) groups is 1. The first-order valence-corrected chi connectivity index (χ1v) is 11.1. The molecule has 0 radical (unpaired) electrons. The van der Waals surface area contributed by atoms with E-state index in [0.717, 1.165) is 5.90 Å². The predicted molar refractivity (Wildman–Crippen MR) is 121 cm³/mol. The molecular formula is C25H26NOP. The standard InChI is InChI=1S/C25H26NOP/c1-25(2,3)24-26-22(18-27-24)21-16-10-11-17-23(21)28(19-12-6-4-7-13-19)20-14-8-5-9-15-20/h4-17,22H,18H2,1-3H3/t22-/m1/s1. The molecule has 1 atom stereocenters. The maximum atomic E-state index is 5.99. The second-order valence-electron chi connectivity index (χ2n) is 8.08. The molecule has 0 saturated heterocycles. The molecule has 28 heavy (non-hydrogen) atoms. The molecule has 0 spiro atoms. The fourth-order valence-corrected chi connectivity index (χ4v) is 6.01. The van der Waals surface area contributed by atoms with Crippen LogP contribution in [0.4, 0.5) is 0 Å². The van der Waals surface area contributed by atoms with E-state index in [4.69, 9.17) is 9.73 Å². The molecule has 2 nitrogen and oxygen atoms in total. The Bertz CT molecular complexity index is 921. The van der Waals surface area contributed by atoms with Gasteiger partial charge in [-0.1, -0.05) is 106 Å². The maximum Gasteiger partial charge on any atom is 0.189 e. The van der Waals surface area contributed by atoms with Crippen LogP contribution in [0.5, 0.6) is 0 Å². The predicted octanol–water partition coefficient (Wildman–Crippen LogP) is 4.96. The third kappa shape index (κ3) is 3.88. The minimum Gasteiger partial charge on any atom is -0.478 e. The lowest BCUT2D eigenvalue weighted by molar-refractivity contribution is 0.283. The first kappa shape index (κ1) is 18.9. The molecule has 0 aliphatic carbocycles. The molecule has 0 amide bonds. The van der Waals surface area contributed by atoms with Crippen LogP contribution in [0, 0.1) is 5.41 Å². The summed E-state index contributed by atoms with van der Waals surface area (Å²) in [6.45, 7) is 7.08. The fraction of sp³-hybridized carbons (Fsp3) is 0.240. The Kier molecular flexibility index (Phi) is 5.33. The van der Waals surface area contributed by atoms with E-state index in [1.54, 1.807) is 0 Å². The van der Waals surface area contributed by atoms with Crippen molar-refractivity contribution in [1.82, 2.24) is 0 Å². The van der Waals surface area contributed by atoms with Crippen molar-refractivity contribution in [3.05, 3.63) is 90.5 Å². The van der Waals surface area contributed by atoms with Gasteiger partial charge >= 0.3 is 0 Å². The van der Waals surface area contributed by atoms with Crippen LogP contribution < -0.4 is 15.9 Å². The summed E-state index contributed by atoms with van der Waals surface area (Å²) >= 11 is 0. The Hall–Kier alpha value is -2.44. The lowest BCUT2D eigenvalue weighted by Crippen LogP contribution is -2.24. The molecule has 0 N–H and O–H groups in total. The van der Waals surface area contributed by atoms with E-state index in [-0.39, 0.29) is 11.5 Å². The van der Waals surface area contributed by atoms with Crippen molar-refractivity contribution in [3.63, 3.8) is 0 Å². The minimum absolute atomic E-state index is 0.0582. The van der Waals surface area contributed by atoms with Crippen molar-refractivity contribution < 1.29 is 4.74 Å². The van der Waals surface area contributed by atoms with Crippen molar-refractivity contribution >= 4 is 29.7 Å². The maximum absolute atomic E-state index is 5.99. The monoisotopic (exact) mass is 387 g/mol. The quantitative estimate of drug-likeness (QED) is 0.580. The van der Waals surface area contributed by atoms with E-state index in [9.17, 15) is 0 Å². The smallest absolute Gasteiger partial charge is 0.189 e. The van der Waals surface area contributed by atoms with Gasteiger partial charge in [0.15, 0.2) is 5.90 Å². The molecule has 3 heteroatoms. The Morgan fingerprint density at radius 3 is 1.86 bits per heavy atom. The van der Waals surface area contributed by atoms with Crippen molar-refractivity contribution in [3.8, 4) is 0 Å². The van der Waals surface area contributed by atoms with Crippen LogP contribution in [0.2, 0.25) is 0 Å². The van der Waals surface area contributed by atoms with Crippen LogP contribution in [-0.2, 0) is 4.74 Å². The van der Waals surface area contributed by atoms with Gasteiger partial charge in [-0.05, 0) is 29.4 Å². The normalized spacial score (nSPS) is 16.7. The van der Waals surface area contributed by atoms with E-state index in [0.29, 0.717) is 6.61 Å². The average Bonchev–Trinajstić information content (AvgIpc) is 3.21. The molecule has 0 aromatic heterocycles. The van der Waals surface area contributed by atoms with Gasteiger partial charge in [0, 0.05) is 5.41 Å². The molecule has 0 unspecified atom stereocenters. The van der Waals surface area contributed by atoms with Gasteiger partial charge in [-0.3, -0.25) is 0 Å². The van der Waals surface area contributed by atoms with Crippen LogP contribution >= 0.6 is 7.92 Å². The van der Waals surface area contributed by atoms with Gasteiger partial charge in [-0.15, -0.1) is 0 Å². The summed E-state index contributed by atoms with van der Waals surface area (Å²) in [5.41, 5.74) is 1.22.